The van der Waals surface area contributed by atoms with Crippen molar-refractivity contribution in [2.45, 2.75) is 4.17 Å². The van der Waals surface area contributed by atoms with Crippen molar-refractivity contribution in [1.29, 1.82) is 0 Å². The standard InChI is InChI=1S/CHCl2O3S/c2-1(3)7(4,5)6/h1H. The Balaban J connectivity index is 4.10. The maximum atomic E-state index is 9.51. The lowest BCUT2D eigenvalue weighted by molar-refractivity contribution is 0.417. The predicted molar refractivity (Wildman–Crippen MR) is 25.1 cm³/mol. The SMILES string of the molecule is [O]S(=O)(=O)C(Cl)Cl. The van der Waals surface area contributed by atoms with Gasteiger partial charge in [-0.3, -0.25) is 0 Å². The quantitative estimate of drug-likeness (QED) is 0.530. The molecule has 0 bridgehead atoms. The average Bonchev–Trinajstić information content (AvgIpc) is 1.31. The molecule has 0 aromatic heterocycles. The van der Waals surface area contributed by atoms with Crippen LogP contribution in [0.4, 0.5) is 0 Å². The van der Waals surface area contributed by atoms with Crippen LogP contribution in [-0.2, 0) is 14.7 Å². The van der Waals surface area contributed by atoms with Crippen LogP contribution < -0.4 is 0 Å². The maximum Gasteiger partial charge on any atom is 0.326 e. The van der Waals surface area contributed by atoms with Gasteiger partial charge in [0.25, 0.3) is 0 Å². The van der Waals surface area contributed by atoms with Crippen LogP contribution in [-0.4, -0.2) is 12.6 Å². The lowest BCUT2D eigenvalue weighted by Gasteiger charge is -1.86. The van der Waals surface area contributed by atoms with E-state index >= 15 is 0 Å². The summed E-state index contributed by atoms with van der Waals surface area (Å²) in [4.78, 5) is 0. The van der Waals surface area contributed by atoms with E-state index in [1.165, 1.54) is 0 Å². The van der Waals surface area contributed by atoms with E-state index in [-0.39, 0.29) is 0 Å². The van der Waals surface area contributed by atoms with Crippen LogP contribution in [0.5, 0.6) is 0 Å². The summed E-state index contributed by atoms with van der Waals surface area (Å²) in [7, 11) is -4.46. The van der Waals surface area contributed by atoms with Gasteiger partial charge in [-0.25, -0.2) is 0 Å². The number of hydrogen-bond donors (Lipinski definition) is 0. The number of hydrogen-bond acceptors (Lipinski definition) is 2. The molecule has 6 heteroatoms. The molecule has 0 aliphatic carbocycles. The van der Waals surface area contributed by atoms with E-state index in [9.17, 15) is 13.0 Å². The summed E-state index contributed by atoms with van der Waals surface area (Å²) in [5.41, 5.74) is 0. The number of halogens is 2. The van der Waals surface area contributed by atoms with Crippen LogP contribution in [0.3, 0.4) is 0 Å². The Bertz CT molecular complexity index is 135. The van der Waals surface area contributed by atoms with E-state index in [0.29, 0.717) is 0 Å². The lowest BCUT2D eigenvalue weighted by Crippen LogP contribution is -2.03. The zero-order valence-corrected chi connectivity index (χ0v) is 5.29. The summed E-state index contributed by atoms with van der Waals surface area (Å²) in [5, 5.41) is 0. The number of alkyl halides is 2. The maximum absolute atomic E-state index is 9.51. The van der Waals surface area contributed by atoms with Gasteiger partial charge in [0.2, 0.25) is 4.17 Å². The third kappa shape index (κ3) is 3.11. The zero-order valence-electron chi connectivity index (χ0n) is 2.97. The van der Waals surface area contributed by atoms with E-state index in [1.807, 2.05) is 0 Å². The van der Waals surface area contributed by atoms with Crippen LogP contribution >= 0.6 is 23.2 Å². The Hall–Kier alpha value is 0.490. The molecule has 0 unspecified atom stereocenters. The molecular formula is CHCl2O3S. The van der Waals surface area contributed by atoms with Crippen LogP contribution in [0.2, 0.25) is 0 Å². The van der Waals surface area contributed by atoms with Crippen molar-refractivity contribution in [3.63, 3.8) is 0 Å². The molecule has 0 fully saturated rings. The summed E-state index contributed by atoms with van der Waals surface area (Å²) in [6.07, 6.45) is 0. The van der Waals surface area contributed by atoms with Crippen LogP contribution in [0, 0.1) is 0 Å². The van der Waals surface area contributed by atoms with Crippen molar-refractivity contribution >= 4 is 33.3 Å². The molecule has 0 heterocycles. The zero-order chi connectivity index (χ0) is 6.08. The first kappa shape index (κ1) is 7.49. The van der Waals surface area contributed by atoms with E-state index in [1.54, 1.807) is 0 Å². The molecule has 0 N–H and O–H groups in total. The van der Waals surface area contributed by atoms with Crippen molar-refractivity contribution < 1.29 is 13.0 Å². The molecule has 0 amide bonds. The minimum atomic E-state index is -4.46. The molecule has 1 radical (unpaired) electrons. The third-order valence-electron chi connectivity index (χ3n) is 0.218. The molecule has 43 valence electrons. The highest BCUT2D eigenvalue weighted by atomic mass is 35.5. The molecule has 7 heavy (non-hydrogen) atoms. The minimum absolute atomic E-state index is 1.84. The molecule has 3 nitrogen and oxygen atoms in total. The van der Waals surface area contributed by atoms with Gasteiger partial charge in [-0.05, 0) is 0 Å². The molecule has 0 saturated heterocycles. The first-order valence-corrected chi connectivity index (χ1v) is 3.52. The van der Waals surface area contributed by atoms with Gasteiger partial charge in [0.05, 0.1) is 0 Å². The normalized spacial score (nSPS) is 12.6. The van der Waals surface area contributed by atoms with Gasteiger partial charge in [-0.1, -0.05) is 27.8 Å². The van der Waals surface area contributed by atoms with Crippen LogP contribution in [0.15, 0.2) is 0 Å². The van der Waals surface area contributed by atoms with Crippen LogP contribution in [0.25, 0.3) is 0 Å². The lowest BCUT2D eigenvalue weighted by atomic mass is 11.9. The molecule has 0 saturated carbocycles. The van der Waals surface area contributed by atoms with E-state index in [4.69, 9.17) is 0 Å². The summed E-state index contributed by atoms with van der Waals surface area (Å²) in [5.74, 6) is 0. The summed E-state index contributed by atoms with van der Waals surface area (Å²) >= 11 is 9.24. The topological polar surface area (TPSA) is 54.0 Å². The van der Waals surface area contributed by atoms with Crippen LogP contribution in [0.1, 0.15) is 0 Å². The molecule has 0 spiro atoms. The van der Waals surface area contributed by atoms with Gasteiger partial charge in [0.1, 0.15) is 0 Å². The molecule has 0 aliphatic heterocycles. The number of rotatable bonds is 1. The second-order valence-corrected chi connectivity index (χ2v) is 3.82. The average molecular weight is 164 g/mol. The van der Waals surface area contributed by atoms with E-state index in [0.717, 1.165) is 0 Å². The fourth-order valence-corrected chi connectivity index (χ4v) is 0. The van der Waals surface area contributed by atoms with Gasteiger partial charge in [0, 0.05) is 0 Å². The van der Waals surface area contributed by atoms with Crippen molar-refractivity contribution in [2.24, 2.45) is 0 Å². The molecule has 0 aromatic carbocycles. The molecule has 0 aromatic rings. The van der Waals surface area contributed by atoms with Crippen molar-refractivity contribution in [1.82, 2.24) is 0 Å². The van der Waals surface area contributed by atoms with Gasteiger partial charge >= 0.3 is 10.1 Å². The third-order valence-corrected chi connectivity index (χ3v) is 1.96. The van der Waals surface area contributed by atoms with Crippen molar-refractivity contribution in [2.75, 3.05) is 0 Å². The van der Waals surface area contributed by atoms with E-state index < -0.39 is 14.3 Å². The highest BCUT2D eigenvalue weighted by Gasteiger charge is 2.16. The highest BCUT2D eigenvalue weighted by molar-refractivity contribution is 7.89. The summed E-state index contributed by atoms with van der Waals surface area (Å²) in [6.45, 7) is 0. The monoisotopic (exact) mass is 163 g/mol. The molecule has 0 aliphatic rings. The highest BCUT2D eigenvalue weighted by Crippen LogP contribution is 2.08. The molecule has 0 rings (SSSR count). The van der Waals surface area contributed by atoms with Crippen molar-refractivity contribution in [3.05, 3.63) is 0 Å². The van der Waals surface area contributed by atoms with Crippen molar-refractivity contribution in [3.8, 4) is 0 Å². The Labute approximate surface area is 51.0 Å². The smallest absolute Gasteiger partial charge is 0.194 e. The van der Waals surface area contributed by atoms with Gasteiger partial charge < -0.3 is 0 Å². The summed E-state index contributed by atoms with van der Waals surface area (Å²) in [6, 6.07) is 0. The largest absolute Gasteiger partial charge is 0.326 e. The van der Waals surface area contributed by atoms with Gasteiger partial charge in [-0.15, -0.1) is 0 Å². The Morgan fingerprint density at radius 1 is 1.29 bits per heavy atom. The second kappa shape index (κ2) is 2.17. The fraction of sp³-hybridized carbons (Fsp3) is 1.00. The first-order chi connectivity index (χ1) is 2.94. The molecular weight excluding hydrogens is 163 g/mol. The van der Waals surface area contributed by atoms with Gasteiger partial charge in [0.15, 0.2) is 0 Å². The Kier molecular flexibility index (Phi) is 2.32. The second-order valence-electron chi connectivity index (χ2n) is 0.753. The summed E-state index contributed by atoms with van der Waals surface area (Å²) < 4.78 is 26.7. The predicted octanol–water partition coefficient (Wildman–Crippen LogP) is 0.508. The van der Waals surface area contributed by atoms with E-state index in [2.05, 4.69) is 23.2 Å². The first-order valence-electron chi connectivity index (χ1n) is 1.17. The fourth-order valence-electron chi connectivity index (χ4n) is 0. The minimum Gasteiger partial charge on any atom is -0.194 e. The van der Waals surface area contributed by atoms with Gasteiger partial charge in [-0.2, -0.15) is 8.42 Å². The molecule has 0 atom stereocenters. The Morgan fingerprint density at radius 3 is 1.43 bits per heavy atom. The Morgan fingerprint density at radius 2 is 1.43 bits per heavy atom.